The number of carbonyl (C=O) groups is 1. The first-order chi connectivity index (χ1) is 8.06. The Balaban J connectivity index is 4.80. The van der Waals surface area contributed by atoms with Crippen molar-refractivity contribution in [3.63, 3.8) is 0 Å². The van der Waals surface area contributed by atoms with Crippen molar-refractivity contribution in [1.29, 1.82) is 0 Å². The van der Waals surface area contributed by atoms with Gasteiger partial charge in [-0.2, -0.15) is 0 Å². The maximum absolute atomic E-state index is 12.0. The molecule has 0 aromatic heterocycles. The Bertz CT molecular complexity index is 378. The molecule has 108 valence electrons. The van der Waals surface area contributed by atoms with Crippen molar-refractivity contribution < 1.29 is 13.2 Å². The van der Waals surface area contributed by atoms with Crippen LogP contribution < -0.4 is 5.32 Å². The largest absolute Gasteiger partial charge is 0.354 e. The van der Waals surface area contributed by atoms with Crippen LogP contribution in [-0.4, -0.2) is 37.2 Å². The second-order valence-electron chi connectivity index (χ2n) is 5.31. The van der Waals surface area contributed by atoms with E-state index in [4.69, 9.17) is 0 Å². The smallest absolute Gasteiger partial charge is 0.240 e. The van der Waals surface area contributed by atoms with Crippen LogP contribution in [0.15, 0.2) is 0 Å². The lowest BCUT2D eigenvalue weighted by molar-refractivity contribution is -0.123. The summed E-state index contributed by atoms with van der Waals surface area (Å²) in [5, 5.41) is 3.56. The zero-order valence-corrected chi connectivity index (χ0v) is 14.2. The third kappa shape index (κ3) is 3.95. The predicted molar refractivity (Wildman–Crippen MR) is 78.7 cm³/mol. The van der Waals surface area contributed by atoms with Crippen LogP contribution in [0, 0.1) is 5.41 Å². The topological polar surface area (TPSA) is 63.2 Å². The Kier molecular flexibility index (Phi) is 6.33. The third-order valence-electron chi connectivity index (χ3n) is 3.88. The van der Waals surface area contributed by atoms with Crippen LogP contribution in [0.2, 0.25) is 0 Å². The highest BCUT2D eigenvalue weighted by Crippen LogP contribution is 2.28. The molecule has 0 spiro atoms. The number of amides is 1. The molecule has 6 heteroatoms. The number of alkyl halides is 1. The van der Waals surface area contributed by atoms with E-state index in [1.807, 2.05) is 0 Å². The zero-order chi connectivity index (χ0) is 14.6. The van der Waals surface area contributed by atoms with E-state index in [9.17, 15) is 13.2 Å². The van der Waals surface area contributed by atoms with Crippen molar-refractivity contribution in [2.45, 2.75) is 45.3 Å². The quantitative estimate of drug-likeness (QED) is 0.721. The van der Waals surface area contributed by atoms with E-state index >= 15 is 0 Å². The van der Waals surface area contributed by atoms with E-state index < -0.39 is 20.5 Å². The van der Waals surface area contributed by atoms with E-state index in [2.05, 4.69) is 35.1 Å². The minimum atomic E-state index is -3.41. The van der Waals surface area contributed by atoms with E-state index in [1.54, 1.807) is 0 Å². The average molecular weight is 342 g/mol. The minimum Gasteiger partial charge on any atom is -0.354 e. The fourth-order valence-electron chi connectivity index (χ4n) is 1.39. The first-order valence-electron chi connectivity index (χ1n) is 6.10. The molecule has 0 aliphatic carbocycles. The molecular formula is C12H24BrNO3S. The van der Waals surface area contributed by atoms with Gasteiger partial charge in [0.2, 0.25) is 5.91 Å². The zero-order valence-electron chi connectivity index (χ0n) is 11.8. The molecule has 1 amide bonds. The summed E-state index contributed by atoms with van der Waals surface area (Å²) in [5.41, 5.74) is -0.0107. The van der Waals surface area contributed by atoms with Gasteiger partial charge in [-0.3, -0.25) is 4.79 Å². The molecule has 0 saturated heterocycles. The van der Waals surface area contributed by atoms with Crippen molar-refractivity contribution in [2.75, 3.05) is 18.1 Å². The molecule has 0 rings (SSSR count). The Morgan fingerprint density at radius 2 is 1.67 bits per heavy atom. The molecule has 0 bridgehead atoms. The first-order valence-corrected chi connectivity index (χ1v) is 9.11. The highest BCUT2D eigenvalue weighted by molar-refractivity contribution is 9.09. The van der Waals surface area contributed by atoms with E-state index in [1.165, 1.54) is 13.8 Å². The minimum absolute atomic E-state index is 0.0107. The molecule has 0 heterocycles. The molecule has 0 unspecified atom stereocenters. The summed E-state index contributed by atoms with van der Waals surface area (Å²) < 4.78 is 21.7. The molecule has 0 aromatic rings. The molecule has 0 aliphatic rings. The Morgan fingerprint density at radius 1 is 1.22 bits per heavy atom. The lowest BCUT2D eigenvalue weighted by Gasteiger charge is -2.31. The second kappa shape index (κ2) is 6.37. The summed E-state index contributed by atoms with van der Waals surface area (Å²) in [7, 11) is -3.41. The lowest BCUT2D eigenvalue weighted by atomic mass is 9.84. The van der Waals surface area contributed by atoms with Crippen molar-refractivity contribution in [1.82, 2.24) is 5.32 Å². The van der Waals surface area contributed by atoms with Crippen molar-refractivity contribution in [3.8, 4) is 0 Å². The van der Waals surface area contributed by atoms with Gasteiger partial charge in [-0.15, -0.1) is 0 Å². The highest BCUT2D eigenvalue weighted by atomic mass is 79.9. The van der Waals surface area contributed by atoms with Crippen LogP contribution in [0.3, 0.4) is 0 Å². The van der Waals surface area contributed by atoms with Gasteiger partial charge in [-0.25, -0.2) is 8.42 Å². The predicted octanol–water partition coefficient (Wildman–Crippen LogP) is 2.13. The summed E-state index contributed by atoms with van der Waals surface area (Å²) in [6.45, 7) is 7.50. The number of halogens is 1. The fourth-order valence-corrected chi connectivity index (χ4v) is 2.79. The molecule has 1 N–H and O–H groups in total. The standard InChI is InChI=1S/C12H24BrNO3S/c1-6-12(7-2,8-13)9-14-10(15)11(3,4)18(5,16)17/h6-9H2,1-5H3,(H,14,15). The Morgan fingerprint density at radius 3 is 1.94 bits per heavy atom. The van der Waals surface area contributed by atoms with Gasteiger partial charge in [-0.1, -0.05) is 29.8 Å². The Labute approximate surface area is 119 Å². The van der Waals surface area contributed by atoms with Crippen molar-refractivity contribution in [2.24, 2.45) is 5.41 Å². The molecule has 4 nitrogen and oxygen atoms in total. The lowest BCUT2D eigenvalue weighted by Crippen LogP contribution is -2.50. The van der Waals surface area contributed by atoms with Gasteiger partial charge in [-0.05, 0) is 32.1 Å². The number of hydrogen-bond donors (Lipinski definition) is 1. The van der Waals surface area contributed by atoms with Gasteiger partial charge < -0.3 is 5.32 Å². The number of carbonyl (C=O) groups excluding carboxylic acids is 1. The molecule has 0 fully saturated rings. The maximum Gasteiger partial charge on any atom is 0.240 e. The van der Waals surface area contributed by atoms with Gasteiger partial charge in [0.15, 0.2) is 9.84 Å². The summed E-state index contributed by atoms with van der Waals surface area (Å²) >= 11 is 3.46. The summed E-state index contributed by atoms with van der Waals surface area (Å²) in [6, 6.07) is 0. The van der Waals surface area contributed by atoms with Crippen LogP contribution >= 0.6 is 15.9 Å². The van der Waals surface area contributed by atoms with Gasteiger partial charge in [0.25, 0.3) is 0 Å². The van der Waals surface area contributed by atoms with Crippen molar-refractivity contribution >= 4 is 31.7 Å². The van der Waals surface area contributed by atoms with Gasteiger partial charge in [0, 0.05) is 18.1 Å². The van der Waals surface area contributed by atoms with Gasteiger partial charge in [0.05, 0.1) is 0 Å². The number of rotatable bonds is 7. The van der Waals surface area contributed by atoms with Crippen LogP contribution in [0.4, 0.5) is 0 Å². The molecule has 0 aromatic carbocycles. The molecule has 18 heavy (non-hydrogen) atoms. The van der Waals surface area contributed by atoms with Gasteiger partial charge in [0.1, 0.15) is 4.75 Å². The first kappa shape index (κ1) is 17.9. The number of hydrogen-bond acceptors (Lipinski definition) is 3. The van der Waals surface area contributed by atoms with Gasteiger partial charge >= 0.3 is 0 Å². The number of sulfone groups is 1. The van der Waals surface area contributed by atoms with E-state index in [0.29, 0.717) is 6.54 Å². The average Bonchev–Trinajstić information content (AvgIpc) is 2.29. The molecule has 0 atom stereocenters. The van der Waals surface area contributed by atoms with E-state index in [0.717, 1.165) is 24.4 Å². The van der Waals surface area contributed by atoms with Crippen LogP contribution in [-0.2, 0) is 14.6 Å². The third-order valence-corrected chi connectivity index (χ3v) is 7.11. The van der Waals surface area contributed by atoms with E-state index in [-0.39, 0.29) is 5.41 Å². The maximum atomic E-state index is 12.0. The number of nitrogens with one attached hydrogen (secondary N) is 1. The molecule has 0 radical (unpaired) electrons. The summed E-state index contributed by atoms with van der Waals surface area (Å²) in [5.74, 6) is -0.433. The summed E-state index contributed by atoms with van der Waals surface area (Å²) in [4.78, 5) is 12.0. The molecule has 0 saturated carbocycles. The molecule has 0 aliphatic heterocycles. The van der Waals surface area contributed by atoms with Crippen LogP contribution in [0.25, 0.3) is 0 Å². The second-order valence-corrected chi connectivity index (χ2v) is 8.43. The SMILES string of the molecule is CCC(CC)(CBr)CNC(=O)C(C)(C)S(C)(=O)=O. The Hall–Kier alpha value is -0.100. The molecular weight excluding hydrogens is 318 g/mol. The van der Waals surface area contributed by atoms with Crippen molar-refractivity contribution in [3.05, 3.63) is 0 Å². The van der Waals surface area contributed by atoms with Crippen LogP contribution in [0.5, 0.6) is 0 Å². The van der Waals surface area contributed by atoms with Crippen LogP contribution in [0.1, 0.15) is 40.5 Å². The normalized spacial score (nSPS) is 13.4. The highest BCUT2D eigenvalue weighted by Gasteiger charge is 2.39. The monoisotopic (exact) mass is 341 g/mol. The summed E-state index contributed by atoms with van der Waals surface area (Å²) in [6.07, 6.45) is 2.94. The fraction of sp³-hybridized carbons (Fsp3) is 0.917.